The van der Waals surface area contributed by atoms with Gasteiger partial charge in [-0.15, -0.1) is 0 Å². The standard InChI is InChI=1S/C15H12F3N3O3/c16-15(17,18)11-7-10(2-1-9(11)8-19)21-12(22)14(20-13(21)23)3-5-24-6-4-14/h1-2,7H,3-6H2,(H,20,23). The quantitative estimate of drug-likeness (QED) is 0.795. The summed E-state index contributed by atoms with van der Waals surface area (Å²) in [7, 11) is 0. The molecule has 1 aromatic carbocycles. The van der Waals surface area contributed by atoms with Crippen molar-refractivity contribution >= 4 is 17.6 Å². The molecule has 0 atom stereocenters. The van der Waals surface area contributed by atoms with E-state index >= 15 is 0 Å². The molecule has 0 aromatic heterocycles. The van der Waals surface area contributed by atoms with E-state index in [9.17, 15) is 22.8 Å². The number of alkyl halides is 3. The first-order chi connectivity index (χ1) is 11.3. The van der Waals surface area contributed by atoms with Gasteiger partial charge < -0.3 is 10.1 Å². The zero-order valence-electron chi connectivity index (χ0n) is 12.3. The second kappa shape index (κ2) is 5.49. The van der Waals surface area contributed by atoms with Gasteiger partial charge in [0.2, 0.25) is 0 Å². The number of halogens is 3. The van der Waals surface area contributed by atoms with Crippen molar-refractivity contribution in [2.45, 2.75) is 24.6 Å². The zero-order valence-corrected chi connectivity index (χ0v) is 12.3. The number of benzene rings is 1. The number of urea groups is 1. The molecule has 6 nitrogen and oxygen atoms in total. The number of anilines is 1. The lowest BCUT2D eigenvalue weighted by atomic mass is 9.90. The third-order valence-electron chi connectivity index (χ3n) is 4.20. The van der Waals surface area contributed by atoms with Crippen molar-refractivity contribution in [3.05, 3.63) is 29.3 Å². The molecule has 2 fully saturated rings. The van der Waals surface area contributed by atoms with Crippen LogP contribution in [0.1, 0.15) is 24.0 Å². The van der Waals surface area contributed by atoms with E-state index in [4.69, 9.17) is 10.00 Å². The van der Waals surface area contributed by atoms with Crippen molar-refractivity contribution in [3.8, 4) is 6.07 Å². The molecule has 1 N–H and O–H groups in total. The highest BCUT2D eigenvalue weighted by Gasteiger charge is 2.52. The van der Waals surface area contributed by atoms with E-state index in [-0.39, 0.29) is 31.7 Å². The van der Waals surface area contributed by atoms with Crippen LogP contribution in [0.3, 0.4) is 0 Å². The molecule has 2 aliphatic heterocycles. The molecule has 2 heterocycles. The van der Waals surface area contributed by atoms with Crippen molar-refractivity contribution in [2.24, 2.45) is 0 Å². The molecule has 3 rings (SSSR count). The lowest BCUT2D eigenvalue weighted by Gasteiger charge is -2.30. The first kappa shape index (κ1) is 16.3. The van der Waals surface area contributed by atoms with Gasteiger partial charge in [0.05, 0.1) is 22.9 Å². The molecule has 0 radical (unpaired) electrons. The summed E-state index contributed by atoms with van der Waals surface area (Å²) in [5, 5.41) is 11.4. The van der Waals surface area contributed by atoms with E-state index in [0.717, 1.165) is 12.1 Å². The second-order valence-corrected chi connectivity index (χ2v) is 5.60. The van der Waals surface area contributed by atoms with Gasteiger partial charge in [0, 0.05) is 26.1 Å². The Labute approximate surface area is 134 Å². The van der Waals surface area contributed by atoms with Crippen LogP contribution in [0.15, 0.2) is 18.2 Å². The third kappa shape index (κ3) is 2.49. The van der Waals surface area contributed by atoms with Gasteiger partial charge in [-0.25, -0.2) is 9.69 Å². The largest absolute Gasteiger partial charge is 0.417 e. The monoisotopic (exact) mass is 339 g/mol. The van der Waals surface area contributed by atoms with Crippen LogP contribution in [-0.2, 0) is 15.7 Å². The lowest BCUT2D eigenvalue weighted by molar-refractivity contribution is -0.137. The van der Waals surface area contributed by atoms with E-state index in [1.54, 1.807) is 0 Å². The van der Waals surface area contributed by atoms with Gasteiger partial charge >= 0.3 is 12.2 Å². The van der Waals surface area contributed by atoms with Gasteiger partial charge in [0.15, 0.2) is 0 Å². The SMILES string of the molecule is N#Cc1ccc(N2C(=O)NC3(CCOCC3)C2=O)cc1C(F)(F)F. The first-order valence-electron chi connectivity index (χ1n) is 7.14. The minimum absolute atomic E-state index is 0.216. The number of rotatable bonds is 1. The number of carbonyl (C=O) groups excluding carboxylic acids is 2. The number of hydrogen-bond donors (Lipinski definition) is 1. The molecule has 2 aliphatic rings. The van der Waals surface area contributed by atoms with Gasteiger partial charge in [0.1, 0.15) is 5.54 Å². The fourth-order valence-corrected chi connectivity index (χ4v) is 2.92. The van der Waals surface area contributed by atoms with Gasteiger partial charge in [-0.1, -0.05) is 0 Å². The summed E-state index contributed by atoms with van der Waals surface area (Å²) >= 11 is 0. The van der Waals surface area contributed by atoms with Crippen LogP contribution >= 0.6 is 0 Å². The van der Waals surface area contributed by atoms with Crippen LogP contribution < -0.4 is 10.2 Å². The molecule has 2 saturated heterocycles. The molecule has 126 valence electrons. The molecule has 9 heteroatoms. The number of hydrogen-bond acceptors (Lipinski definition) is 4. The van der Waals surface area contributed by atoms with Crippen LogP contribution in [0.25, 0.3) is 0 Å². The molecular formula is C15H12F3N3O3. The Morgan fingerprint density at radius 1 is 1.25 bits per heavy atom. The predicted octanol–water partition coefficient (Wildman–Crippen LogP) is 2.18. The Balaban J connectivity index is 2.02. The summed E-state index contributed by atoms with van der Waals surface area (Å²) in [4.78, 5) is 25.5. The number of carbonyl (C=O) groups is 2. The third-order valence-corrected chi connectivity index (χ3v) is 4.20. The zero-order chi connectivity index (χ0) is 17.5. The van der Waals surface area contributed by atoms with Crippen molar-refractivity contribution in [2.75, 3.05) is 18.1 Å². The molecule has 1 spiro atoms. The fraction of sp³-hybridized carbons (Fsp3) is 0.400. The van der Waals surface area contributed by atoms with Gasteiger partial charge in [-0.05, 0) is 18.2 Å². The van der Waals surface area contributed by atoms with Crippen LogP contribution in [0, 0.1) is 11.3 Å². The van der Waals surface area contributed by atoms with Crippen LogP contribution in [0.5, 0.6) is 0 Å². The lowest BCUT2D eigenvalue weighted by Crippen LogP contribution is -2.51. The Morgan fingerprint density at radius 2 is 1.92 bits per heavy atom. The van der Waals surface area contributed by atoms with Gasteiger partial charge in [-0.3, -0.25) is 4.79 Å². The maximum atomic E-state index is 13.1. The number of ether oxygens (including phenoxy) is 1. The number of nitrogens with zero attached hydrogens (tertiary/aromatic N) is 2. The maximum absolute atomic E-state index is 13.1. The van der Waals surface area contributed by atoms with E-state index in [1.165, 1.54) is 6.07 Å². The van der Waals surface area contributed by atoms with Crippen molar-refractivity contribution in [1.82, 2.24) is 5.32 Å². The minimum Gasteiger partial charge on any atom is -0.381 e. The predicted molar refractivity (Wildman–Crippen MR) is 75.0 cm³/mol. The molecule has 0 bridgehead atoms. The smallest absolute Gasteiger partial charge is 0.381 e. The minimum atomic E-state index is -4.77. The van der Waals surface area contributed by atoms with Crippen molar-refractivity contribution < 1.29 is 27.5 Å². The Morgan fingerprint density at radius 3 is 2.50 bits per heavy atom. The van der Waals surface area contributed by atoms with Crippen molar-refractivity contribution in [1.29, 1.82) is 5.26 Å². The Kier molecular flexibility index (Phi) is 3.72. The number of nitrogens with one attached hydrogen (secondary N) is 1. The Hall–Kier alpha value is -2.60. The van der Waals surface area contributed by atoms with Gasteiger partial charge in [0.25, 0.3) is 5.91 Å². The molecule has 24 heavy (non-hydrogen) atoms. The van der Waals surface area contributed by atoms with E-state index in [1.807, 2.05) is 0 Å². The summed E-state index contributed by atoms with van der Waals surface area (Å²) in [6, 6.07) is 3.44. The molecule has 0 saturated carbocycles. The topological polar surface area (TPSA) is 82.4 Å². The summed E-state index contributed by atoms with van der Waals surface area (Å²) in [5.74, 6) is -0.603. The highest BCUT2D eigenvalue weighted by atomic mass is 19.4. The summed E-state index contributed by atoms with van der Waals surface area (Å²) < 4.78 is 44.4. The molecule has 0 unspecified atom stereocenters. The molecule has 1 aromatic rings. The molecular weight excluding hydrogens is 327 g/mol. The van der Waals surface area contributed by atoms with E-state index < -0.39 is 34.8 Å². The number of imide groups is 1. The summed E-state index contributed by atoms with van der Waals surface area (Å²) in [6.07, 6.45) is -4.25. The summed E-state index contributed by atoms with van der Waals surface area (Å²) in [5.41, 5.74) is -3.11. The highest BCUT2D eigenvalue weighted by molar-refractivity contribution is 6.23. The first-order valence-corrected chi connectivity index (χ1v) is 7.14. The maximum Gasteiger partial charge on any atom is 0.417 e. The number of amides is 3. The summed E-state index contributed by atoms with van der Waals surface area (Å²) in [6.45, 7) is 0.558. The van der Waals surface area contributed by atoms with Crippen molar-refractivity contribution in [3.63, 3.8) is 0 Å². The highest BCUT2D eigenvalue weighted by Crippen LogP contribution is 2.37. The van der Waals surface area contributed by atoms with Crippen LogP contribution in [0.2, 0.25) is 0 Å². The van der Waals surface area contributed by atoms with Gasteiger partial charge in [-0.2, -0.15) is 18.4 Å². The van der Waals surface area contributed by atoms with Crippen LogP contribution in [0.4, 0.5) is 23.7 Å². The van der Waals surface area contributed by atoms with Crippen LogP contribution in [-0.4, -0.2) is 30.7 Å². The molecule has 0 aliphatic carbocycles. The van der Waals surface area contributed by atoms with E-state index in [0.29, 0.717) is 11.0 Å². The fourth-order valence-electron chi connectivity index (χ4n) is 2.92. The molecule has 3 amide bonds. The average molecular weight is 339 g/mol. The average Bonchev–Trinajstić information content (AvgIpc) is 2.77. The van der Waals surface area contributed by atoms with E-state index in [2.05, 4.69) is 5.32 Å². The second-order valence-electron chi connectivity index (χ2n) is 5.60. The normalized spacial score (nSPS) is 20.2. The number of nitriles is 1. The Bertz CT molecular complexity index is 749.